The molecular formula is C10H3F15O4. The molecule has 0 saturated carbocycles. The zero-order valence-corrected chi connectivity index (χ0v) is 12.8. The summed E-state index contributed by atoms with van der Waals surface area (Å²) in [7, 11) is -0.173. The van der Waals surface area contributed by atoms with E-state index < -0.39 is 53.8 Å². The Balaban J connectivity index is 6.51. The molecule has 172 valence electrons. The number of methoxy groups -OCH3 is 1. The van der Waals surface area contributed by atoms with Crippen molar-refractivity contribution < 1.29 is 84.9 Å². The van der Waals surface area contributed by atoms with E-state index in [-0.39, 0.29) is 7.11 Å². The van der Waals surface area contributed by atoms with Gasteiger partial charge in [0.25, 0.3) is 0 Å². The van der Waals surface area contributed by atoms with E-state index >= 15 is 0 Å². The van der Waals surface area contributed by atoms with Crippen LogP contribution in [0.15, 0.2) is 0 Å². The molecule has 1 unspecified atom stereocenters. The average molecular weight is 472 g/mol. The second-order valence-corrected chi connectivity index (χ2v) is 4.77. The maximum atomic E-state index is 13.2. The number of hydrogen-bond acceptors (Lipinski definition) is 4. The number of halogens is 15. The van der Waals surface area contributed by atoms with Gasteiger partial charge in [0.1, 0.15) is 0 Å². The average Bonchev–Trinajstić information content (AvgIpc) is 2.51. The molecule has 0 N–H and O–H groups in total. The first kappa shape index (κ1) is 27.0. The van der Waals surface area contributed by atoms with E-state index in [0.717, 1.165) is 0 Å². The summed E-state index contributed by atoms with van der Waals surface area (Å²) in [6.07, 6.45) is -15.2. The summed E-state index contributed by atoms with van der Waals surface area (Å²) < 4.78 is 197. The maximum absolute atomic E-state index is 13.2. The normalized spacial score (nSPS) is 17.0. The number of ether oxygens (including phenoxy) is 2. The van der Waals surface area contributed by atoms with Gasteiger partial charge in [0.05, 0.1) is 7.11 Å². The highest BCUT2D eigenvalue weighted by molar-refractivity contribution is 5.79. The van der Waals surface area contributed by atoms with Gasteiger partial charge in [0, 0.05) is 0 Å². The van der Waals surface area contributed by atoms with Crippen LogP contribution in [0.5, 0.6) is 0 Å². The monoisotopic (exact) mass is 472 g/mol. The molecule has 0 saturated heterocycles. The zero-order valence-electron chi connectivity index (χ0n) is 12.8. The van der Waals surface area contributed by atoms with E-state index in [1.807, 2.05) is 0 Å². The summed E-state index contributed by atoms with van der Waals surface area (Å²) in [6, 6.07) is -4.67. The highest BCUT2D eigenvalue weighted by Gasteiger charge is 2.90. The van der Waals surface area contributed by atoms with Crippen molar-refractivity contribution in [1.29, 1.82) is 0 Å². The quantitative estimate of drug-likeness (QED) is 0.304. The fourth-order valence-electron chi connectivity index (χ4n) is 1.28. The van der Waals surface area contributed by atoms with Crippen molar-refractivity contribution in [3.63, 3.8) is 0 Å². The lowest BCUT2D eigenvalue weighted by atomic mass is 9.97. The fourth-order valence-corrected chi connectivity index (χ4v) is 1.28. The van der Waals surface area contributed by atoms with Crippen LogP contribution in [-0.2, 0) is 19.1 Å². The molecule has 0 bridgehead atoms. The largest absolute Gasteiger partial charge is 0.464 e. The van der Waals surface area contributed by atoms with Gasteiger partial charge in [-0.1, -0.05) is 0 Å². The standard InChI is InChI=1S/C10H3F15O4/c1-28-3(27)4(12,13)6(15,16)7(17,18)8(19,20)10(24,25)29-5(14,2(11)26)9(21,22)23/h1H3. The Labute approximate surface area is 147 Å². The summed E-state index contributed by atoms with van der Waals surface area (Å²) in [4.78, 5) is 20.3. The first-order chi connectivity index (χ1) is 12.4. The van der Waals surface area contributed by atoms with E-state index in [4.69, 9.17) is 0 Å². The Hall–Kier alpha value is -1.95. The lowest BCUT2D eigenvalue weighted by Gasteiger charge is -2.39. The number of hydrogen-bond donors (Lipinski definition) is 0. The molecule has 0 aliphatic heterocycles. The van der Waals surface area contributed by atoms with Crippen molar-refractivity contribution in [3.05, 3.63) is 0 Å². The van der Waals surface area contributed by atoms with E-state index in [0.29, 0.717) is 0 Å². The van der Waals surface area contributed by atoms with Crippen LogP contribution in [0.4, 0.5) is 65.9 Å². The minimum Gasteiger partial charge on any atom is -0.464 e. The molecule has 0 aliphatic carbocycles. The van der Waals surface area contributed by atoms with Crippen molar-refractivity contribution in [2.24, 2.45) is 0 Å². The third-order valence-corrected chi connectivity index (χ3v) is 2.88. The summed E-state index contributed by atoms with van der Waals surface area (Å²) in [5.74, 6) is -42.0. The van der Waals surface area contributed by atoms with Crippen LogP contribution < -0.4 is 0 Å². The van der Waals surface area contributed by atoms with Gasteiger partial charge in [-0.05, 0) is 0 Å². The Bertz CT molecular complexity index is 654. The molecule has 1 atom stereocenters. The van der Waals surface area contributed by atoms with Crippen LogP contribution in [0.3, 0.4) is 0 Å². The first-order valence-electron chi connectivity index (χ1n) is 6.01. The molecule has 4 nitrogen and oxygen atoms in total. The van der Waals surface area contributed by atoms with Gasteiger partial charge in [-0.3, -0.25) is 9.53 Å². The Kier molecular flexibility index (Phi) is 6.60. The van der Waals surface area contributed by atoms with Crippen molar-refractivity contribution in [2.75, 3.05) is 7.11 Å². The molecular weight excluding hydrogens is 469 g/mol. The first-order valence-corrected chi connectivity index (χ1v) is 6.01. The Morgan fingerprint density at radius 1 is 0.655 bits per heavy atom. The van der Waals surface area contributed by atoms with Crippen LogP contribution in [0.25, 0.3) is 0 Å². The third-order valence-electron chi connectivity index (χ3n) is 2.88. The van der Waals surface area contributed by atoms with Crippen LogP contribution in [0.1, 0.15) is 0 Å². The Morgan fingerprint density at radius 3 is 1.31 bits per heavy atom. The highest BCUT2D eigenvalue weighted by Crippen LogP contribution is 2.58. The molecule has 29 heavy (non-hydrogen) atoms. The molecule has 0 aromatic heterocycles. The number of alkyl halides is 14. The predicted molar refractivity (Wildman–Crippen MR) is 53.8 cm³/mol. The summed E-state index contributed by atoms with van der Waals surface area (Å²) >= 11 is 0. The van der Waals surface area contributed by atoms with Gasteiger partial charge in [0.2, 0.25) is 0 Å². The SMILES string of the molecule is COC(=O)C(F)(F)C(F)(F)C(F)(F)C(F)(F)C(F)(F)OC(F)(C(=O)F)C(F)(F)F. The molecule has 19 heteroatoms. The van der Waals surface area contributed by atoms with E-state index in [2.05, 4.69) is 4.74 Å². The molecule has 0 heterocycles. The third kappa shape index (κ3) is 3.79. The second kappa shape index (κ2) is 7.08. The zero-order chi connectivity index (χ0) is 24.1. The number of esters is 1. The second-order valence-electron chi connectivity index (χ2n) is 4.77. The molecule has 0 aliphatic rings. The lowest BCUT2D eigenvalue weighted by Crippen LogP contribution is -2.70. The van der Waals surface area contributed by atoms with E-state index in [1.54, 1.807) is 0 Å². The van der Waals surface area contributed by atoms with E-state index in [1.165, 1.54) is 4.74 Å². The fraction of sp³-hybridized carbons (Fsp3) is 0.800. The topological polar surface area (TPSA) is 52.6 Å². The number of carbonyl (C=O) groups is 2. The summed E-state index contributed by atoms with van der Waals surface area (Å²) in [5.41, 5.74) is 0. The molecule has 0 radical (unpaired) electrons. The Morgan fingerprint density at radius 2 is 1.03 bits per heavy atom. The number of carbonyl (C=O) groups excluding carboxylic acids is 2. The van der Waals surface area contributed by atoms with Crippen LogP contribution in [0, 0.1) is 0 Å². The van der Waals surface area contributed by atoms with E-state index in [9.17, 15) is 75.4 Å². The van der Waals surface area contributed by atoms with Gasteiger partial charge in [-0.25, -0.2) is 4.79 Å². The molecule has 0 aromatic carbocycles. The molecule has 0 amide bonds. The molecule has 0 rings (SSSR count). The predicted octanol–water partition coefficient (Wildman–Crippen LogP) is 4.03. The van der Waals surface area contributed by atoms with Crippen LogP contribution >= 0.6 is 0 Å². The maximum Gasteiger partial charge on any atom is 0.459 e. The minimum absolute atomic E-state index is 0.173. The summed E-state index contributed by atoms with van der Waals surface area (Å²) in [6.45, 7) is 0. The van der Waals surface area contributed by atoms with Gasteiger partial charge in [-0.2, -0.15) is 65.9 Å². The van der Waals surface area contributed by atoms with Gasteiger partial charge in [0.15, 0.2) is 0 Å². The van der Waals surface area contributed by atoms with Gasteiger partial charge >= 0.3 is 53.8 Å². The highest BCUT2D eigenvalue weighted by atomic mass is 19.4. The van der Waals surface area contributed by atoms with Crippen molar-refractivity contribution in [2.45, 2.75) is 41.8 Å². The molecule has 0 aromatic rings. The van der Waals surface area contributed by atoms with Crippen molar-refractivity contribution >= 4 is 12.0 Å². The molecule has 0 fully saturated rings. The van der Waals surface area contributed by atoms with Crippen molar-refractivity contribution in [3.8, 4) is 0 Å². The van der Waals surface area contributed by atoms with Gasteiger partial charge < -0.3 is 4.74 Å². The lowest BCUT2D eigenvalue weighted by molar-refractivity contribution is -0.481. The van der Waals surface area contributed by atoms with Crippen molar-refractivity contribution in [1.82, 2.24) is 0 Å². The van der Waals surface area contributed by atoms with Crippen LogP contribution in [0.2, 0.25) is 0 Å². The van der Waals surface area contributed by atoms with Crippen LogP contribution in [-0.4, -0.2) is 60.9 Å². The minimum atomic E-state index is -8.21. The molecule has 0 spiro atoms. The smallest absolute Gasteiger partial charge is 0.459 e. The van der Waals surface area contributed by atoms with Gasteiger partial charge in [-0.15, -0.1) is 0 Å². The number of rotatable bonds is 8. The summed E-state index contributed by atoms with van der Waals surface area (Å²) in [5, 5.41) is 0.